The summed E-state index contributed by atoms with van der Waals surface area (Å²) in [5.41, 5.74) is 4.50. The Kier molecular flexibility index (Phi) is 38.5. The van der Waals surface area contributed by atoms with Crippen LogP contribution < -0.4 is 5.73 Å². The lowest BCUT2D eigenvalue weighted by atomic mass is 10.8. The van der Waals surface area contributed by atoms with Crippen LogP contribution in [0.5, 0.6) is 0 Å². The van der Waals surface area contributed by atoms with Gasteiger partial charge in [0, 0.05) is 14.0 Å². The van der Waals surface area contributed by atoms with Crippen molar-refractivity contribution in [2.24, 2.45) is 5.73 Å². The summed E-state index contributed by atoms with van der Waals surface area (Å²) in [7, 11) is 2.50. The van der Waals surface area contributed by atoms with Crippen LogP contribution in [0, 0.1) is 0 Å². The van der Waals surface area contributed by atoms with Crippen molar-refractivity contribution in [2.75, 3.05) is 20.8 Å². The first kappa shape index (κ1) is 16.2. The molecule has 10 heavy (non-hydrogen) atoms. The van der Waals surface area contributed by atoms with E-state index in [-0.39, 0.29) is 5.97 Å². The van der Waals surface area contributed by atoms with E-state index in [0.29, 0.717) is 6.61 Å². The van der Waals surface area contributed by atoms with Crippen molar-refractivity contribution in [1.29, 1.82) is 0 Å². The third-order valence-electron chi connectivity index (χ3n) is 0.348. The summed E-state index contributed by atoms with van der Waals surface area (Å²) in [6.07, 6.45) is 0. The van der Waals surface area contributed by atoms with Gasteiger partial charge in [0.05, 0.1) is 6.61 Å². The fraction of sp³-hybridized carbons (Fsp3) is 0.833. The molecule has 0 saturated heterocycles. The summed E-state index contributed by atoms with van der Waals surface area (Å²) in [4.78, 5) is 9.82. The molecule has 0 unspecified atom stereocenters. The normalized spacial score (nSPS) is 5.80. The Hall–Kier alpha value is -0.610. The maximum Gasteiger partial charge on any atom is 0.302 e. The Morgan fingerprint density at radius 3 is 1.80 bits per heavy atom. The van der Waals surface area contributed by atoms with Crippen molar-refractivity contribution in [3.8, 4) is 0 Å². The molecule has 0 spiro atoms. The molecule has 0 aromatic rings. The second kappa shape index (κ2) is 23.8. The van der Waals surface area contributed by atoms with Crippen LogP contribution in [0.4, 0.5) is 0 Å². The van der Waals surface area contributed by atoms with Gasteiger partial charge in [-0.1, -0.05) is 0 Å². The van der Waals surface area contributed by atoms with Crippen LogP contribution in [-0.2, 0) is 9.53 Å². The second-order valence-corrected chi connectivity index (χ2v) is 0.925. The number of carbonyl (C=O) groups excluding carboxylic acids is 1. The number of carbonyl (C=O) groups is 1. The highest BCUT2D eigenvalue weighted by atomic mass is 16.5. The summed E-state index contributed by atoms with van der Waals surface area (Å²) in [5.74, 6) is -0.211. The van der Waals surface area contributed by atoms with E-state index < -0.39 is 0 Å². The van der Waals surface area contributed by atoms with Gasteiger partial charge < -0.3 is 15.6 Å². The van der Waals surface area contributed by atoms with Gasteiger partial charge in [-0.15, -0.1) is 0 Å². The van der Waals surface area contributed by atoms with Gasteiger partial charge >= 0.3 is 5.97 Å². The van der Waals surface area contributed by atoms with Gasteiger partial charge in [0.1, 0.15) is 0 Å². The summed E-state index contributed by atoms with van der Waals surface area (Å²) in [5, 5.41) is 7.00. The molecule has 0 aliphatic heterocycles. The third kappa shape index (κ3) is 52.8. The fourth-order valence-corrected chi connectivity index (χ4v) is 0.203. The maximum atomic E-state index is 9.82. The molecule has 0 aromatic heterocycles. The van der Waals surface area contributed by atoms with E-state index in [1.165, 1.54) is 14.0 Å². The lowest BCUT2D eigenvalue weighted by molar-refractivity contribution is -0.140. The molecular formula is C6H17NO3. The monoisotopic (exact) mass is 151 g/mol. The lowest BCUT2D eigenvalue weighted by Gasteiger charge is -1.89. The van der Waals surface area contributed by atoms with Crippen LogP contribution in [0.25, 0.3) is 0 Å². The van der Waals surface area contributed by atoms with E-state index in [4.69, 9.17) is 5.11 Å². The average molecular weight is 151 g/mol. The van der Waals surface area contributed by atoms with Crippen LogP contribution in [-0.4, -0.2) is 31.8 Å². The first-order valence-electron chi connectivity index (χ1n) is 2.93. The first-order chi connectivity index (χ1) is 4.77. The largest absolute Gasteiger partial charge is 0.466 e. The van der Waals surface area contributed by atoms with Crippen LogP contribution in [0.1, 0.15) is 13.8 Å². The molecule has 0 rings (SSSR count). The molecule has 0 saturated carbocycles. The van der Waals surface area contributed by atoms with Crippen molar-refractivity contribution < 1.29 is 14.6 Å². The fourth-order valence-electron chi connectivity index (χ4n) is 0.203. The van der Waals surface area contributed by atoms with E-state index in [0.717, 1.165) is 7.11 Å². The Morgan fingerprint density at radius 1 is 1.50 bits per heavy atom. The second-order valence-electron chi connectivity index (χ2n) is 0.925. The third-order valence-corrected chi connectivity index (χ3v) is 0.348. The van der Waals surface area contributed by atoms with Crippen molar-refractivity contribution >= 4 is 5.97 Å². The Balaban J connectivity index is -0.000000105. The molecule has 3 N–H and O–H groups in total. The van der Waals surface area contributed by atoms with E-state index in [1.807, 2.05) is 0 Å². The quantitative estimate of drug-likeness (QED) is 0.507. The molecule has 0 heterocycles. The van der Waals surface area contributed by atoms with Gasteiger partial charge in [0.15, 0.2) is 0 Å². The van der Waals surface area contributed by atoms with Gasteiger partial charge in [-0.25, -0.2) is 0 Å². The van der Waals surface area contributed by atoms with E-state index in [1.54, 1.807) is 6.92 Å². The number of hydrogen-bond acceptors (Lipinski definition) is 4. The highest BCUT2D eigenvalue weighted by Crippen LogP contribution is 1.69. The number of aliphatic hydroxyl groups excluding tert-OH is 1. The van der Waals surface area contributed by atoms with Gasteiger partial charge in [0.2, 0.25) is 0 Å². The number of hydrogen-bond donors (Lipinski definition) is 2. The predicted molar refractivity (Wildman–Crippen MR) is 40.6 cm³/mol. The topological polar surface area (TPSA) is 72.5 Å². The maximum absolute atomic E-state index is 9.82. The van der Waals surface area contributed by atoms with Gasteiger partial charge in [-0.3, -0.25) is 4.79 Å². The van der Waals surface area contributed by atoms with Crippen LogP contribution >= 0.6 is 0 Å². The number of esters is 1. The van der Waals surface area contributed by atoms with Gasteiger partial charge in [-0.2, -0.15) is 0 Å². The van der Waals surface area contributed by atoms with Crippen molar-refractivity contribution in [1.82, 2.24) is 0 Å². The molecule has 4 heteroatoms. The molecule has 0 radical (unpaired) electrons. The van der Waals surface area contributed by atoms with E-state index in [2.05, 4.69) is 10.5 Å². The van der Waals surface area contributed by atoms with E-state index in [9.17, 15) is 4.79 Å². The number of ether oxygens (including phenoxy) is 1. The van der Waals surface area contributed by atoms with Crippen molar-refractivity contribution in [3.05, 3.63) is 0 Å². The van der Waals surface area contributed by atoms with Crippen LogP contribution in [0.15, 0.2) is 0 Å². The minimum Gasteiger partial charge on any atom is -0.466 e. The predicted octanol–water partition coefficient (Wildman–Crippen LogP) is -0.247. The Morgan fingerprint density at radius 2 is 1.80 bits per heavy atom. The molecule has 64 valence electrons. The lowest BCUT2D eigenvalue weighted by Crippen LogP contribution is -1.95. The summed E-state index contributed by atoms with van der Waals surface area (Å²) >= 11 is 0. The molecular weight excluding hydrogens is 134 g/mol. The number of aliphatic hydroxyl groups is 1. The Labute approximate surface area is 62.0 Å². The van der Waals surface area contributed by atoms with Crippen molar-refractivity contribution in [2.45, 2.75) is 13.8 Å². The Bertz CT molecular complexity index is 57.0. The summed E-state index contributed by atoms with van der Waals surface area (Å²) in [6.45, 7) is 3.65. The smallest absolute Gasteiger partial charge is 0.302 e. The molecule has 0 fully saturated rings. The van der Waals surface area contributed by atoms with Crippen LogP contribution in [0.3, 0.4) is 0 Å². The SMILES string of the molecule is CCOC(C)=O.CN.CO. The average Bonchev–Trinajstić information content (AvgIpc) is 1.96. The zero-order valence-corrected chi connectivity index (χ0v) is 7.05. The molecule has 0 atom stereocenters. The minimum atomic E-state index is -0.211. The summed E-state index contributed by atoms with van der Waals surface area (Å²) in [6, 6.07) is 0. The van der Waals surface area contributed by atoms with Gasteiger partial charge in [0.25, 0.3) is 0 Å². The molecule has 0 amide bonds. The molecule has 0 bridgehead atoms. The molecule has 0 aliphatic carbocycles. The zero-order valence-electron chi connectivity index (χ0n) is 7.05. The molecule has 4 nitrogen and oxygen atoms in total. The molecule has 0 aliphatic rings. The number of rotatable bonds is 1. The van der Waals surface area contributed by atoms with Crippen LogP contribution in [0.2, 0.25) is 0 Å². The first-order valence-corrected chi connectivity index (χ1v) is 2.93. The molecule has 0 aromatic carbocycles. The standard InChI is InChI=1S/C4H8O2.CH5N.CH4O/c1-3-6-4(2)5;2*1-2/h3H2,1-2H3;2H2,1H3;2H,1H3. The highest BCUT2D eigenvalue weighted by molar-refractivity contribution is 5.65. The van der Waals surface area contributed by atoms with E-state index >= 15 is 0 Å². The minimum absolute atomic E-state index is 0.211. The highest BCUT2D eigenvalue weighted by Gasteiger charge is 1.81. The van der Waals surface area contributed by atoms with Gasteiger partial charge in [-0.05, 0) is 14.0 Å². The number of nitrogens with two attached hydrogens (primary N) is 1. The zero-order chi connectivity index (χ0) is 8.99. The summed E-state index contributed by atoms with van der Waals surface area (Å²) < 4.78 is 4.40. The van der Waals surface area contributed by atoms with Crippen molar-refractivity contribution in [3.63, 3.8) is 0 Å².